The van der Waals surface area contributed by atoms with E-state index >= 15 is 0 Å². The maximum atomic E-state index is 3.46. The van der Waals surface area contributed by atoms with E-state index in [0.29, 0.717) is 5.54 Å². The SMILES string of the molecule is CC(C)CCN(CC(C)(C)N1CCNCC1)C1CC1. The molecule has 0 aromatic carbocycles. The van der Waals surface area contributed by atoms with Crippen molar-refractivity contribution >= 4 is 0 Å². The Kier molecular flexibility index (Phi) is 5.27. The lowest BCUT2D eigenvalue weighted by atomic mass is 10.00. The Morgan fingerprint density at radius 3 is 2.37 bits per heavy atom. The molecular formula is C16H33N3. The van der Waals surface area contributed by atoms with Gasteiger partial charge in [0.2, 0.25) is 0 Å². The zero-order valence-corrected chi connectivity index (χ0v) is 13.4. The van der Waals surface area contributed by atoms with Crippen LogP contribution in [0.1, 0.15) is 47.0 Å². The minimum atomic E-state index is 0.321. The lowest BCUT2D eigenvalue weighted by molar-refractivity contribution is 0.0585. The molecule has 112 valence electrons. The summed E-state index contributed by atoms with van der Waals surface area (Å²) in [5.74, 6) is 0.823. The second-order valence-corrected chi connectivity index (χ2v) is 7.43. The van der Waals surface area contributed by atoms with Crippen molar-refractivity contribution in [1.82, 2.24) is 15.1 Å². The largest absolute Gasteiger partial charge is 0.314 e. The van der Waals surface area contributed by atoms with Crippen molar-refractivity contribution in [2.75, 3.05) is 39.3 Å². The molecule has 1 N–H and O–H groups in total. The predicted molar refractivity (Wildman–Crippen MR) is 82.6 cm³/mol. The summed E-state index contributed by atoms with van der Waals surface area (Å²) < 4.78 is 0. The average molecular weight is 267 g/mol. The smallest absolute Gasteiger partial charge is 0.0281 e. The van der Waals surface area contributed by atoms with Crippen molar-refractivity contribution in [3.63, 3.8) is 0 Å². The van der Waals surface area contributed by atoms with Gasteiger partial charge in [0, 0.05) is 44.3 Å². The molecule has 1 saturated heterocycles. The van der Waals surface area contributed by atoms with E-state index in [1.54, 1.807) is 0 Å². The number of hydrogen-bond donors (Lipinski definition) is 1. The second-order valence-electron chi connectivity index (χ2n) is 7.43. The first-order valence-corrected chi connectivity index (χ1v) is 8.19. The minimum absolute atomic E-state index is 0.321. The highest BCUT2D eigenvalue weighted by atomic mass is 15.3. The van der Waals surface area contributed by atoms with Crippen LogP contribution < -0.4 is 5.32 Å². The molecular weight excluding hydrogens is 234 g/mol. The Morgan fingerprint density at radius 1 is 1.21 bits per heavy atom. The summed E-state index contributed by atoms with van der Waals surface area (Å²) in [6, 6.07) is 0.890. The monoisotopic (exact) mass is 267 g/mol. The Hall–Kier alpha value is -0.120. The Labute approximate surface area is 119 Å². The third-order valence-corrected chi connectivity index (χ3v) is 4.62. The van der Waals surface area contributed by atoms with Gasteiger partial charge >= 0.3 is 0 Å². The van der Waals surface area contributed by atoms with Crippen LogP contribution in [0.2, 0.25) is 0 Å². The Bertz CT molecular complexity index is 265. The van der Waals surface area contributed by atoms with Gasteiger partial charge in [-0.1, -0.05) is 13.8 Å². The summed E-state index contributed by atoms with van der Waals surface area (Å²) in [7, 11) is 0. The molecule has 3 heteroatoms. The lowest BCUT2D eigenvalue weighted by Gasteiger charge is -2.44. The van der Waals surface area contributed by atoms with Crippen LogP contribution in [0.25, 0.3) is 0 Å². The van der Waals surface area contributed by atoms with E-state index in [0.717, 1.165) is 25.0 Å². The maximum absolute atomic E-state index is 3.46. The molecule has 0 atom stereocenters. The van der Waals surface area contributed by atoms with Crippen LogP contribution in [0.4, 0.5) is 0 Å². The van der Waals surface area contributed by atoms with Gasteiger partial charge in [-0.15, -0.1) is 0 Å². The molecule has 2 fully saturated rings. The van der Waals surface area contributed by atoms with Crippen molar-refractivity contribution in [3.8, 4) is 0 Å². The van der Waals surface area contributed by atoms with Gasteiger partial charge < -0.3 is 5.32 Å². The fraction of sp³-hybridized carbons (Fsp3) is 1.00. The highest BCUT2D eigenvalue weighted by Gasteiger charge is 2.35. The minimum Gasteiger partial charge on any atom is -0.314 e. The molecule has 2 aliphatic rings. The molecule has 0 amide bonds. The molecule has 3 nitrogen and oxygen atoms in total. The summed E-state index contributed by atoms with van der Waals surface area (Å²) in [5, 5.41) is 3.46. The van der Waals surface area contributed by atoms with Crippen LogP contribution in [0, 0.1) is 5.92 Å². The highest BCUT2D eigenvalue weighted by Crippen LogP contribution is 2.30. The number of nitrogens with zero attached hydrogens (tertiary/aromatic N) is 2. The number of hydrogen-bond acceptors (Lipinski definition) is 3. The van der Waals surface area contributed by atoms with Crippen LogP contribution in [0.15, 0.2) is 0 Å². The van der Waals surface area contributed by atoms with Crippen LogP contribution >= 0.6 is 0 Å². The molecule has 2 rings (SSSR count). The van der Waals surface area contributed by atoms with Gasteiger partial charge in [0.05, 0.1) is 0 Å². The molecule has 0 unspecified atom stereocenters. The van der Waals surface area contributed by atoms with E-state index in [4.69, 9.17) is 0 Å². The molecule has 1 heterocycles. The van der Waals surface area contributed by atoms with E-state index in [-0.39, 0.29) is 0 Å². The Balaban J connectivity index is 1.87. The van der Waals surface area contributed by atoms with Gasteiger partial charge in [0.25, 0.3) is 0 Å². The normalized spacial score (nSPS) is 22.4. The standard InChI is InChI=1S/C16H33N3/c1-14(2)7-10-18(15-5-6-15)13-16(3,4)19-11-8-17-9-12-19/h14-15,17H,5-13H2,1-4H3. The first-order chi connectivity index (χ1) is 8.99. The van der Waals surface area contributed by atoms with Gasteiger partial charge in [-0.2, -0.15) is 0 Å². The highest BCUT2D eigenvalue weighted by molar-refractivity contribution is 4.93. The van der Waals surface area contributed by atoms with Crippen molar-refractivity contribution in [2.24, 2.45) is 5.92 Å². The van der Waals surface area contributed by atoms with Gasteiger partial charge in [-0.3, -0.25) is 9.80 Å². The van der Waals surface area contributed by atoms with E-state index in [1.807, 2.05) is 0 Å². The zero-order valence-electron chi connectivity index (χ0n) is 13.4. The van der Waals surface area contributed by atoms with E-state index < -0.39 is 0 Å². The summed E-state index contributed by atoms with van der Waals surface area (Å²) in [5.41, 5.74) is 0.321. The average Bonchev–Trinajstić information content (AvgIpc) is 3.19. The summed E-state index contributed by atoms with van der Waals surface area (Å²) >= 11 is 0. The topological polar surface area (TPSA) is 18.5 Å². The predicted octanol–water partition coefficient (Wildman–Crippen LogP) is 2.18. The van der Waals surface area contributed by atoms with E-state index in [1.165, 1.54) is 45.4 Å². The molecule has 0 spiro atoms. The second kappa shape index (κ2) is 6.55. The molecule has 0 radical (unpaired) electrons. The van der Waals surface area contributed by atoms with Crippen LogP contribution in [0.5, 0.6) is 0 Å². The Morgan fingerprint density at radius 2 is 1.84 bits per heavy atom. The van der Waals surface area contributed by atoms with Crippen molar-refractivity contribution in [2.45, 2.75) is 58.5 Å². The first-order valence-electron chi connectivity index (χ1n) is 8.19. The van der Waals surface area contributed by atoms with Gasteiger partial charge in [0.15, 0.2) is 0 Å². The third kappa shape index (κ3) is 4.73. The fourth-order valence-corrected chi connectivity index (χ4v) is 3.12. The molecule has 0 bridgehead atoms. The van der Waals surface area contributed by atoms with Crippen molar-refractivity contribution in [3.05, 3.63) is 0 Å². The molecule has 1 aliphatic heterocycles. The number of nitrogens with one attached hydrogen (secondary N) is 1. The molecule has 0 aromatic heterocycles. The van der Waals surface area contributed by atoms with E-state index in [9.17, 15) is 0 Å². The van der Waals surface area contributed by atoms with Crippen LogP contribution in [-0.4, -0.2) is 60.6 Å². The van der Waals surface area contributed by atoms with Crippen molar-refractivity contribution in [1.29, 1.82) is 0 Å². The van der Waals surface area contributed by atoms with Gasteiger partial charge in [-0.05, 0) is 45.6 Å². The summed E-state index contributed by atoms with van der Waals surface area (Å²) in [6.45, 7) is 16.8. The maximum Gasteiger partial charge on any atom is 0.0281 e. The summed E-state index contributed by atoms with van der Waals surface area (Å²) in [4.78, 5) is 5.44. The number of rotatable bonds is 7. The van der Waals surface area contributed by atoms with Gasteiger partial charge in [0.1, 0.15) is 0 Å². The molecule has 1 aliphatic carbocycles. The van der Waals surface area contributed by atoms with Crippen molar-refractivity contribution < 1.29 is 0 Å². The molecule has 1 saturated carbocycles. The molecule has 0 aromatic rings. The van der Waals surface area contributed by atoms with Crippen LogP contribution in [-0.2, 0) is 0 Å². The third-order valence-electron chi connectivity index (χ3n) is 4.62. The first kappa shape index (κ1) is 15.3. The van der Waals surface area contributed by atoms with E-state index in [2.05, 4.69) is 42.8 Å². The van der Waals surface area contributed by atoms with Gasteiger partial charge in [-0.25, -0.2) is 0 Å². The number of piperazine rings is 1. The quantitative estimate of drug-likeness (QED) is 0.763. The zero-order chi connectivity index (χ0) is 13.9. The summed E-state index contributed by atoms with van der Waals surface area (Å²) in [6.07, 6.45) is 4.19. The lowest BCUT2D eigenvalue weighted by Crippen LogP contribution is -2.58. The van der Waals surface area contributed by atoms with Crippen LogP contribution in [0.3, 0.4) is 0 Å². The molecule has 19 heavy (non-hydrogen) atoms. The fourth-order valence-electron chi connectivity index (χ4n) is 3.12.